The lowest BCUT2D eigenvalue weighted by Gasteiger charge is -2.01. The summed E-state index contributed by atoms with van der Waals surface area (Å²) in [5.41, 5.74) is 0.788. The third-order valence-corrected chi connectivity index (χ3v) is 2.98. The second kappa shape index (κ2) is 6.35. The molecule has 2 aromatic carbocycles. The summed E-state index contributed by atoms with van der Waals surface area (Å²) in [6, 6.07) is 10.5. The van der Waals surface area contributed by atoms with Crippen LogP contribution in [0.15, 0.2) is 53.1 Å². The molecule has 0 bridgehead atoms. The molecule has 3 aromatic rings. The van der Waals surface area contributed by atoms with Crippen molar-refractivity contribution in [2.75, 3.05) is 0 Å². The van der Waals surface area contributed by atoms with E-state index in [1.807, 2.05) is 0 Å². The maximum absolute atomic E-state index is 12.9. The van der Waals surface area contributed by atoms with Crippen LogP contribution >= 0.6 is 0 Å². The summed E-state index contributed by atoms with van der Waals surface area (Å²) >= 11 is 0. The number of hydrogen-bond donors (Lipinski definition) is 0. The van der Waals surface area contributed by atoms with Gasteiger partial charge < -0.3 is 9.26 Å². The number of ether oxygens (including phenoxy) is 1. The minimum absolute atomic E-state index is 0.0970. The molecule has 1 heterocycles. The van der Waals surface area contributed by atoms with Crippen LogP contribution < -0.4 is 0 Å². The van der Waals surface area contributed by atoms with Crippen molar-refractivity contribution in [1.82, 2.24) is 10.1 Å². The maximum atomic E-state index is 12.9. The molecule has 1 aromatic heterocycles. The SMILES string of the molecule is O=C(OCc1nc(-c2ccc(F)cc2)no1)c1ccc(F)cc1. The van der Waals surface area contributed by atoms with E-state index in [0.29, 0.717) is 5.56 Å². The summed E-state index contributed by atoms with van der Waals surface area (Å²) in [7, 11) is 0. The van der Waals surface area contributed by atoms with Gasteiger partial charge >= 0.3 is 5.97 Å². The third kappa shape index (κ3) is 3.57. The number of esters is 1. The standard InChI is InChI=1S/C16H10F2N2O3/c17-12-5-1-10(2-6-12)15-19-14(23-20-15)9-22-16(21)11-3-7-13(18)8-4-11/h1-8H,9H2. The Morgan fingerprint density at radius 3 is 2.26 bits per heavy atom. The van der Waals surface area contributed by atoms with E-state index in [-0.39, 0.29) is 29.7 Å². The Hall–Kier alpha value is -3.09. The van der Waals surface area contributed by atoms with Crippen LogP contribution in [0.25, 0.3) is 11.4 Å². The summed E-state index contributed by atoms with van der Waals surface area (Å²) < 4.78 is 35.6. The quantitative estimate of drug-likeness (QED) is 0.690. The maximum Gasteiger partial charge on any atom is 0.338 e. The Kier molecular flexibility index (Phi) is 4.09. The molecule has 0 unspecified atom stereocenters. The first-order valence-corrected chi connectivity index (χ1v) is 6.63. The average molecular weight is 316 g/mol. The van der Waals surface area contributed by atoms with Gasteiger partial charge in [0.15, 0.2) is 6.61 Å². The first-order valence-electron chi connectivity index (χ1n) is 6.63. The highest BCUT2D eigenvalue weighted by molar-refractivity contribution is 5.89. The van der Waals surface area contributed by atoms with Crippen molar-refractivity contribution in [1.29, 1.82) is 0 Å². The molecule has 7 heteroatoms. The van der Waals surface area contributed by atoms with Crippen molar-refractivity contribution in [3.63, 3.8) is 0 Å². The molecule has 0 amide bonds. The largest absolute Gasteiger partial charge is 0.452 e. The van der Waals surface area contributed by atoms with Crippen LogP contribution in [0.5, 0.6) is 0 Å². The van der Waals surface area contributed by atoms with Gasteiger partial charge in [0.1, 0.15) is 11.6 Å². The van der Waals surface area contributed by atoms with E-state index >= 15 is 0 Å². The van der Waals surface area contributed by atoms with E-state index in [0.717, 1.165) is 12.1 Å². The zero-order valence-corrected chi connectivity index (χ0v) is 11.7. The predicted molar refractivity (Wildman–Crippen MR) is 75.2 cm³/mol. The van der Waals surface area contributed by atoms with E-state index in [2.05, 4.69) is 10.1 Å². The minimum atomic E-state index is -0.633. The summed E-state index contributed by atoms with van der Waals surface area (Å²) in [6.07, 6.45) is 0. The lowest BCUT2D eigenvalue weighted by molar-refractivity contribution is 0.0430. The zero-order chi connectivity index (χ0) is 16.2. The van der Waals surface area contributed by atoms with Crippen molar-refractivity contribution in [2.45, 2.75) is 6.61 Å². The molecule has 0 atom stereocenters. The Bertz CT molecular complexity index is 814. The fourth-order valence-corrected chi connectivity index (χ4v) is 1.83. The van der Waals surface area contributed by atoms with E-state index in [1.165, 1.54) is 36.4 Å². The fraction of sp³-hybridized carbons (Fsp3) is 0.0625. The van der Waals surface area contributed by atoms with E-state index in [1.54, 1.807) is 0 Å². The topological polar surface area (TPSA) is 65.2 Å². The number of halogens is 2. The fourth-order valence-electron chi connectivity index (χ4n) is 1.83. The predicted octanol–water partition coefficient (Wildman–Crippen LogP) is 3.37. The molecule has 0 radical (unpaired) electrons. The lowest BCUT2D eigenvalue weighted by atomic mass is 10.2. The molecule has 3 rings (SSSR count). The van der Waals surface area contributed by atoms with Crippen molar-refractivity contribution in [3.8, 4) is 11.4 Å². The van der Waals surface area contributed by atoms with E-state index in [4.69, 9.17) is 9.26 Å². The minimum Gasteiger partial charge on any atom is -0.452 e. The molecule has 0 aliphatic rings. The van der Waals surface area contributed by atoms with Gasteiger partial charge in [-0.05, 0) is 48.5 Å². The van der Waals surface area contributed by atoms with Crippen LogP contribution in [0, 0.1) is 11.6 Å². The smallest absolute Gasteiger partial charge is 0.338 e. The Morgan fingerprint density at radius 1 is 1.00 bits per heavy atom. The highest BCUT2D eigenvalue weighted by Gasteiger charge is 2.12. The number of aromatic nitrogens is 2. The summed E-state index contributed by atoms with van der Waals surface area (Å²) in [6.45, 7) is -0.218. The van der Waals surface area contributed by atoms with Gasteiger partial charge in [-0.25, -0.2) is 13.6 Å². The molecule has 5 nitrogen and oxygen atoms in total. The van der Waals surface area contributed by atoms with Crippen LogP contribution in [-0.4, -0.2) is 16.1 Å². The second-order valence-electron chi connectivity index (χ2n) is 4.60. The average Bonchev–Trinajstić information content (AvgIpc) is 3.03. The first kappa shape index (κ1) is 14.8. The monoisotopic (exact) mass is 316 g/mol. The molecule has 0 aliphatic heterocycles. The van der Waals surface area contributed by atoms with Gasteiger partial charge in [-0.15, -0.1) is 0 Å². The van der Waals surface area contributed by atoms with Crippen molar-refractivity contribution >= 4 is 5.97 Å². The molecule has 0 fully saturated rings. The van der Waals surface area contributed by atoms with Gasteiger partial charge in [0.05, 0.1) is 5.56 Å². The number of rotatable bonds is 4. The Labute approximate surface area is 129 Å². The molecule has 0 spiro atoms. The van der Waals surface area contributed by atoms with Gasteiger partial charge in [-0.3, -0.25) is 0 Å². The molecule has 23 heavy (non-hydrogen) atoms. The van der Waals surface area contributed by atoms with Gasteiger partial charge in [0.2, 0.25) is 5.82 Å². The summed E-state index contributed by atoms with van der Waals surface area (Å²) in [4.78, 5) is 15.8. The molecule has 0 saturated heterocycles. The van der Waals surface area contributed by atoms with Crippen molar-refractivity contribution in [3.05, 3.63) is 71.6 Å². The first-order chi connectivity index (χ1) is 11.1. The van der Waals surface area contributed by atoms with Gasteiger partial charge in [0, 0.05) is 5.56 Å². The molecular formula is C16H10F2N2O3. The molecule has 116 valence electrons. The molecule has 0 aliphatic carbocycles. The molecule has 0 saturated carbocycles. The Morgan fingerprint density at radius 2 is 1.61 bits per heavy atom. The second-order valence-corrected chi connectivity index (χ2v) is 4.60. The van der Waals surface area contributed by atoms with E-state index in [9.17, 15) is 13.6 Å². The zero-order valence-electron chi connectivity index (χ0n) is 11.7. The Balaban J connectivity index is 1.64. The lowest BCUT2D eigenvalue weighted by Crippen LogP contribution is -2.05. The number of hydrogen-bond acceptors (Lipinski definition) is 5. The van der Waals surface area contributed by atoms with Crippen LogP contribution in [0.1, 0.15) is 16.2 Å². The van der Waals surface area contributed by atoms with Crippen LogP contribution in [-0.2, 0) is 11.3 Å². The third-order valence-electron chi connectivity index (χ3n) is 2.98. The van der Waals surface area contributed by atoms with Gasteiger partial charge in [-0.1, -0.05) is 5.16 Å². The van der Waals surface area contributed by atoms with E-state index < -0.39 is 11.8 Å². The normalized spacial score (nSPS) is 10.5. The number of nitrogens with zero attached hydrogens (tertiary/aromatic N) is 2. The van der Waals surface area contributed by atoms with Gasteiger partial charge in [0.25, 0.3) is 5.89 Å². The van der Waals surface area contributed by atoms with Crippen molar-refractivity contribution in [2.24, 2.45) is 0 Å². The summed E-state index contributed by atoms with van der Waals surface area (Å²) in [5, 5.41) is 3.73. The highest BCUT2D eigenvalue weighted by atomic mass is 19.1. The number of carbonyl (C=O) groups excluding carboxylic acids is 1. The van der Waals surface area contributed by atoms with Crippen LogP contribution in [0.3, 0.4) is 0 Å². The van der Waals surface area contributed by atoms with Crippen LogP contribution in [0.2, 0.25) is 0 Å². The van der Waals surface area contributed by atoms with Gasteiger partial charge in [-0.2, -0.15) is 4.98 Å². The molecular weight excluding hydrogens is 306 g/mol. The number of carbonyl (C=O) groups is 1. The summed E-state index contributed by atoms with van der Waals surface area (Å²) in [5.74, 6) is -1.09. The van der Waals surface area contributed by atoms with Crippen molar-refractivity contribution < 1.29 is 22.8 Å². The van der Waals surface area contributed by atoms with Crippen LogP contribution in [0.4, 0.5) is 8.78 Å². The molecule has 0 N–H and O–H groups in total. The highest BCUT2D eigenvalue weighted by Crippen LogP contribution is 2.16. The number of benzene rings is 2.